The van der Waals surface area contributed by atoms with E-state index in [1.54, 1.807) is 12.1 Å². The molecular weight excluding hydrogens is 502 g/mol. The minimum Gasteiger partial charge on any atom is -0.370 e. The second-order valence-corrected chi connectivity index (χ2v) is 10.1. The van der Waals surface area contributed by atoms with Crippen LogP contribution in [0.3, 0.4) is 0 Å². The lowest BCUT2D eigenvalue weighted by Crippen LogP contribution is -2.61. The summed E-state index contributed by atoms with van der Waals surface area (Å²) in [5.74, 6) is -1.87. The first kappa shape index (κ1) is 23.6. The maximum atomic E-state index is 13.3. The first-order valence-electron chi connectivity index (χ1n) is 12.1. The first-order chi connectivity index (χ1) is 17.8. The summed E-state index contributed by atoms with van der Waals surface area (Å²) in [4.78, 5) is 12.8. The average molecular weight is 525 g/mol. The van der Waals surface area contributed by atoms with Crippen LogP contribution in [0.25, 0.3) is 5.65 Å². The fourth-order valence-electron chi connectivity index (χ4n) is 4.92. The van der Waals surface area contributed by atoms with Crippen LogP contribution < -0.4 is 15.5 Å². The summed E-state index contributed by atoms with van der Waals surface area (Å²) in [6, 6.07) is 8.04. The third-order valence-electron chi connectivity index (χ3n) is 7.01. The zero-order valence-corrected chi connectivity index (χ0v) is 20.5. The van der Waals surface area contributed by atoms with E-state index in [-0.39, 0.29) is 30.8 Å². The Labute approximate surface area is 216 Å². The Balaban J connectivity index is 1.27. The smallest absolute Gasteiger partial charge is 0.272 e. The molecule has 2 aliphatic heterocycles. The molecule has 2 N–H and O–H groups in total. The van der Waals surface area contributed by atoms with E-state index in [9.17, 15) is 19.3 Å². The van der Waals surface area contributed by atoms with E-state index >= 15 is 0 Å². The molecule has 4 heterocycles. The minimum absolute atomic E-state index is 0.119. The van der Waals surface area contributed by atoms with Crippen LogP contribution in [-0.2, 0) is 0 Å². The number of hydrogen-bond acceptors (Lipinski definition) is 9. The van der Waals surface area contributed by atoms with Gasteiger partial charge in [0.1, 0.15) is 6.07 Å². The van der Waals surface area contributed by atoms with Crippen molar-refractivity contribution in [3.8, 4) is 12.1 Å². The van der Waals surface area contributed by atoms with Crippen LogP contribution in [0.15, 0.2) is 18.3 Å². The van der Waals surface area contributed by atoms with Gasteiger partial charge in [-0.2, -0.15) is 20.0 Å². The van der Waals surface area contributed by atoms with Crippen molar-refractivity contribution in [2.45, 2.75) is 43.7 Å². The van der Waals surface area contributed by atoms with Gasteiger partial charge in [0.25, 0.3) is 5.92 Å². The predicted octanol–water partition coefficient (Wildman–Crippen LogP) is 3.76. The monoisotopic (exact) mass is 524 g/mol. The molecule has 0 bridgehead atoms. The van der Waals surface area contributed by atoms with Gasteiger partial charge in [-0.15, -0.1) is 5.10 Å². The van der Waals surface area contributed by atoms with Crippen molar-refractivity contribution in [1.29, 1.82) is 10.5 Å². The number of aromatic nitrogens is 4. The van der Waals surface area contributed by atoms with Crippen molar-refractivity contribution in [3.05, 3.63) is 34.6 Å². The van der Waals surface area contributed by atoms with Crippen LogP contribution in [0.1, 0.15) is 36.9 Å². The Bertz CT molecular complexity index is 1440. The number of fused-ring (bicyclic) bond motifs is 1. The number of alkyl halides is 2. The third kappa shape index (κ3) is 4.59. The van der Waals surface area contributed by atoms with Crippen LogP contribution in [0, 0.1) is 22.7 Å². The van der Waals surface area contributed by atoms with Gasteiger partial charge in [-0.1, -0.05) is 11.6 Å². The maximum Gasteiger partial charge on any atom is 0.272 e. The second kappa shape index (κ2) is 8.98. The molecule has 1 aromatic carbocycles. The number of imidazole rings is 1. The van der Waals surface area contributed by atoms with Crippen LogP contribution >= 0.6 is 11.6 Å². The number of anilines is 4. The maximum absolute atomic E-state index is 13.3. The van der Waals surface area contributed by atoms with Crippen molar-refractivity contribution in [1.82, 2.24) is 24.5 Å². The van der Waals surface area contributed by atoms with Crippen LogP contribution in [0.4, 0.5) is 31.9 Å². The number of nitrogens with one attached hydrogen (secondary N) is 2. The van der Waals surface area contributed by atoms with E-state index in [4.69, 9.17) is 11.6 Å². The summed E-state index contributed by atoms with van der Waals surface area (Å²) < 4.78 is 28.0. The molecule has 0 atom stereocenters. The number of benzene rings is 1. The molecule has 2 aromatic heterocycles. The van der Waals surface area contributed by atoms with Gasteiger partial charge < -0.3 is 15.5 Å². The number of hydrogen-bond donors (Lipinski definition) is 2. The van der Waals surface area contributed by atoms with Crippen molar-refractivity contribution in [2.24, 2.45) is 0 Å². The highest BCUT2D eigenvalue weighted by Gasteiger charge is 2.47. The molecule has 10 nitrogen and oxygen atoms in total. The lowest BCUT2D eigenvalue weighted by atomic mass is 9.97. The van der Waals surface area contributed by atoms with Gasteiger partial charge in [0.2, 0.25) is 5.95 Å². The Morgan fingerprint density at radius 1 is 1.08 bits per heavy atom. The number of nitrogens with zero attached hydrogens (tertiary/aromatic N) is 8. The summed E-state index contributed by atoms with van der Waals surface area (Å²) in [6.45, 7) is 0.921. The molecule has 0 amide bonds. The first-order valence-corrected chi connectivity index (χ1v) is 12.5. The van der Waals surface area contributed by atoms with Gasteiger partial charge in [-0.3, -0.25) is 4.90 Å². The third-order valence-corrected chi connectivity index (χ3v) is 7.41. The molecule has 1 aliphatic carbocycles. The van der Waals surface area contributed by atoms with Gasteiger partial charge in [0, 0.05) is 25.2 Å². The molecule has 3 aliphatic rings. The molecule has 0 spiro atoms. The topological polar surface area (TPSA) is 121 Å². The van der Waals surface area contributed by atoms with Gasteiger partial charge in [-0.25, -0.2) is 13.8 Å². The van der Waals surface area contributed by atoms with Gasteiger partial charge in [-0.05, 0) is 37.8 Å². The Hall–Kier alpha value is -3.74. The molecule has 2 saturated heterocycles. The van der Waals surface area contributed by atoms with Crippen LogP contribution in [0.2, 0.25) is 5.02 Å². The largest absolute Gasteiger partial charge is 0.370 e. The van der Waals surface area contributed by atoms with Crippen molar-refractivity contribution in [2.75, 3.05) is 41.7 Å². The number of nitriles is 2. The Morgan fingerprint density at radius 3 is 2.49 bits per heavy atom. The lowest BCUT2D eigenvalue weighted by molar-refractivity contribution is -0.148. The fourth-order valence-corrected chi connectivity index (χ4v) is 5.20. The van der Waals surface area contributed by atoms with E-state index < -0.39 is 5.92 Å². The van der Waals surface area contributed by atoms with E-state index in [1.807, 2.05) is 4.90 Å². The molecule has 3 aromatic rings. The summed E-state index contributed by atoms with van der Waals surface area (Å²) >= 11 is 6.82. The van der Waals surface area contributed by atoms with Gasteiger partial charge in [0.05, 0.1) is 47.3 Å². The minimum atomic E-state index is -2.58. The number of likely N-dealkylation sites (tertiary alicyclic amines) is 1. The van der Waals surface area contributed by atoms with E-state index in [1.165, 1.54) is 10.7 Å². The van der Waals surface area contributed by atoms with E-state index in [2.05, 4.69) is 42.7 Å². The number of piperidine rings is 1. The highest BCUT2D eigenvalue weighted by Crippen LogP contribution is 2.39. The standard InChI is InChI=1S/C24H23ClF2N10/c25-20-18(32-23-33-21(31-15-1-2-15)22-30-11-17(10-29)37(22)34-23)7-14(9-28)8-19(20)35-5-3-16(4-6-35)36-12-24(26,27)13-36/h7-8,11,15-16H,1-6,12-13H2,(H2,31,32,33,34). The summed E-state index contributed by atoms with van der Waals surface area (Å²) in [7, 11) is 0. The van der Waals surface area contributed by atoms with Crippen molar-refractivity contribution < 1.29 is 8.78 Å². The number of halogens is 3. The molecule has 37 heavy (non-hydrogen) atoms. The molecule has 1 saturated carbocycles. The molecule has 3 fully saturated rings. The zero-order chi connectivity index (χ0) is 25.7. The van der Waals surface area contributed by atoms with Crippen LogP contribution in [0.5, 0.6) is 0 Å². The Kier molecular flexibility index (Phi) is 5.74. The van der Waals surface area contributed by atoms with E-state index in [0.717, 1.165) is 25.7 Å². The quantitative estimate of drug-likeness (QED) is 0.496. The molecular formula is C24H23ClF2N10. The zero-order valence-electron chi connectivity index (χ0n) is 19.8. The SMILES string of the molecule is N#Cc1cc(Nc2nc(NC3CC3)c3ncc(C#N)n3n2)c(Cl)c(N2CCC(N3CC(F)(F)C3)CC2)c1. The molecule has 0 radical (unpaired) electrons. The second-order valence-electron chi connectivity index (χ2n) is 9.77. The molecule has 190 valence electrons. The predicted molar refractivity (Wildman–Crippen MR) is 133 cm³/mol. The van der Waals surface area contributed by atoms with E-state index in [0.29, 0.717) is 52.6 Å². The highest BCUT2D eigenvalue weighted by molar-refractivity contribution is 6.36. The fraction of sp³-hybridized carbons (Fsp3) is 0.458. The van der Waals surface area contributed by atoms with Gasteiger partial charge in [0.15, 0.2) is 17.2 Å². The van der Waals surface area contributed by atoms with Crippen LogP contribution in [-0.4, -0.2) is 68.7 Å². The normalized spacial score (nSPS) is 19.8. The highest BCUT2D eigenvalue weighted by atomic mass is 35.5. The Morgan fingerprint density at radius 2 is 1.84 bits per heavy atom. The average Bonchev–Trinajstić information content (AvgIpc) is 3.59. The van der Waals surface area contributed by atoms with Crippen molar-refractivity contribution >= 4 is 40.4 Å². The lowest BCUT2D eigenvalue weighted by Gasteiger charge is -2.47. The summed E-state index contributed by atoms with van der Waals surface area (Å²) in [5.41, 5.74) is 2.27. The number of rotatable bonds is 6. The van der Waals surface area contributed by atoms with Gasteiger partial charge >= 0.3 is 0 Å². The summed E-state index contributed by atoms with van der Waals surface area (Å²) in [5, 5.41) is 30.4. The van der Waals surface area contributed by atoms with Crippen molar-refractivity contribution in [3.63, 3.8) is 0 Å². The summed E-state index contributed by atoms with van der Waals surface area (Å²) in [6.07, 6.45) is 4.97. The molecule has 6 rings (SSSR count). The molecule has 13 heteroatoms. The molecule has 0 unspecified atom stereocenters.